The molecule has 2 aromatic heterocycles. The highest BCUT2D eigenvalue weighted by molar-refractivity contribution is 14.0. The second-order valence-corrected chi connectivity index (χ2v) is 6.50. The van der Waals surface area contributed by atoms with Gasteiger partial charge in [-0.3, -0.25) is 0 Å². The van der Waals surface area contributed by atoms with Crippen molar-refractivity contribution in [2.24, 2.45) is 4.99 Å². The lowest BCUT2D eigenvalue weighted by molar-refractivity contribution is 0.392. The van der Waals surface area contributed by atoms with Crippen molar-refractivity contribution in [3.8, 4) is 0 Å². The summed E-state index contributed by atoms with van der Waals surface area (Å²) < 4.78 is 10.6. The molecular weight excluding hydrogens is 467 g/mol. The minimum Gasteiger partial charge on any atom is -0.469 e. The molecule has 2 N–H and O–H groups in total. The van der Waals surface area contributed by atoms with Crippen molar-refractivity contribution < 1.29 is 8.94 Å². The van der Waals surface area contributed by atoms with Gasteiger partial charge in [0.2, 0.25) is 0 Å². The largest absolute Gasteiger partial charge is 0.469 e. The first-order chi connectivity index (χ1) is 13.1. The van der Waals surface area contributed by atoms with E-state index in [1.165, 1.54) is 5.56 Å². The van der Waals surface area contributed by atoms with Crippen LogP contribution >= 0.6 is 24.0 Å². The molecule has 1 aromatic carbocycles. The highest BCUT2D eigenvalue weighted by Gasteiger charge is 2.11. The molecule has 0 aliphatic carbocycles. The number of aliphatic imine (C=N–C) groups is 1. The molecule has 0 fully saturated rings. The molecule has 0 radical (unpaired) electrons. The minimum absolute atomic E-state index is 0. The van der Waals surface area contributed by atoms with Crippen LogP contribution in [0.3, 0.4) is 0 Å². The highest BCUT2D eigenvalue weighted by Crippen LogP contribution is 2.14. The van der Waals surface area contributed by atoms with E-state index in [-0.39, 0.29) is 30.0 Å². The second-order valence-electron chi connectivity index (χ2n) is 6.50. The quantitative estimate of drug-likeness (QED) is 0.287. The van der Waals surface area contributed by atoms with Gasteiger partial charge in [-0.25, -0.2) is 4.99 Å². The van der Waals surface area contributed by atoms with E-state index in [9.17, 15) is 0 Å². The Morgan fingerprint density at radius 1 is 1.14 bits per heavy atom. The Bertz CT molecular complexity index is 840. The number of aryl methyl sites for hydroxylation is 2. The molecule has 150 valence electrons. The molecule has 0 bridgehead atoms. The molecule has 1 unspecified atom stereocenters. The third kappa shape index (κ3) is 6.12. The third-order valence-electron chi connectivity index (χ3n) is 4.47. The fraction of sp³-hybridized carbons (Fsp3) is 0.333. The molecule has 28 heavy (non-hydrogen) atoms. The fourth-order valence-electron chi connectivity index (χ4n) is 2.83. The predicted octanol–water partition coefficient (Wildman–Crippen LogP) is 4.54. The zero-order valence-corrected chi connectivity index (χ0v) is 18.8. The Balaban J connectivity index is 0.00000280. The van der Waals surface area contributed by atoms with Crippen LogP contribution in [-0.4, -0.2) is 17.7 Å². The molecule has 3 rings (SSSR count). The van der Waals surface area contributed by atoms with Crippen molar-refractivity contribution in [3.63, 3.8) is 0 Å². The van der Waals surface area contributed by atoms with Crippen molar-refractivity contribution in [3.05, 3.63) is 77.1 Å². The molecule has 1 atom stereocenters. The normalized spacial score (nSPS) is 12.3. The zero-order valence-electron chi connectivity index (χ0n) is 16.4. The summed E-state index contributed by atoms with van der Waals surface area (Å²) in [5.74, 6) is 2.50. The predicted molar refractivity (Wildman–Crippen MR) is 121 cm³/mol. The minimum atomic E-state index is 0. The van der Waals surface area contributed by atoms with Gasteiger partial charge in [0.05, 0.1) is 24.5 Å². The number of hydrogen-bond acceptors (Lipinski definition) is 4. The first-order valence-electron chi connectivity index (χ1n) is 9.17. The lowest BCUT2D eigenvalue weighted by Gasteiger charge is -2.18. The molecule has 3 aromatic rings. The maximum atomic E-state index is 5.40. The number of aromatic nitrogens is 1. The smallest absolute Gasteiger partial charge is 0.192 e. The van der Waals surface area contributed by atoms with E-state index in [4.69, 9.17) is 13.9 Å². The summed E-state index contributed by atoms with van der Waals surface area (Å²) in [7, 11) is 0. The summed E-state index contributed by atoms with van der Waals surface area (Å²) in [4.78, 5) is 4.74. The summed E-state index contributed by atoms with van der Waals surface area (Å²) >= 11 is 0. The maximum Gasteiger partial charge on any atom is 0.192 e. The van der Waals surface area contributed by atoms with Crippen LogP contribution in [0, 0.1) is 13.8 Å². The van der Waals surface area contributed by atoms with Gasteiger partial charge < -0.3 is 19.6 Å². The van der Waals surface area contributed by atoms with Gasteiger partial charge in [-0.05, 0) is 38.5 Å². The zero-order chi connectivity index (χ0) is 19.1. The van der Waals surface area contributed by atoms with Gasteiger partial charge in [-0.1, -0.05) is 35.5 Å². The Hall–Kier alpha value is -2.29. The Kier molecular flexibility index (Phi) is 8.56. The van der Waals surface area contributed by atoms with Crippen molar-refractivity contribution in [2.75, 3.05) is 6.54 Å². The third-order valence-corrected chi connectivity index (χ3v) is 4.47. The van der Waals surface area contributed by atoms with E-state index in [0.29, 0.717) is 6.54 Å². The number of guanidine groups is 1. The second kappa shape index (κ2) is 10.9. The summed E-state index contributed by atoms with van der Waals surface area (Å²) in [5.41, 5.74) is 3.10. The van der Waals surface area contributed by atoms with Crippen LogP contribution in [0.15, 0.2) is 62.7 Å². The van der Waals surface area contributed by atoms with Crippen LogP contribution in [0.25, 0.3) is 0 Å². The van der Waals surface area contributed by atoms with E-state index in [1.807, 2.05) is 44.2 Å². The summed E-state index contributed by atoms with van der Waals surface area (Å²) in [6.45, 7) is 7.20. The average Bonchev–Trinajstić information content (AvgIpc) is 3.30. The van der Waals surface area contributed by atoms with Gasteiger partial charge in [-0.2, -0.15) is 0 Å². The van der Waals surface area contributed by atoms with Gasteiger partial charge in [-0.15, -0.1) is 24.0 Å². The lowest BCUT2D eigenvalue weighted by Crippen LogP contribution is -2.39. The molecule has 7 heteroatoms. The van der Waals surface area contributed by atoms with Gasteiger partial charge in [0.15, 0.2) is 5.96 Å². The number of hydrogen-bond donors (Lipinski definition) is 2. The molecular formula is C21H27IN4O2. The van der Waals surface area contributed by atoms with Crippen LogP contribution in [-0.2, 0) is 13.0 Å². The van der Waals surface area contributed by atoms with Crippen LogP contribution in [0.4, 0.5) is 0 Å². The first kappa shape index (κ1) is 22.0. The van der Waals surface area contributed by atoms with E-state index in [0.717, 1.165) is 41.7 Å². The fourth-order valence-corrected chi connectivity index (χ4v) is 2.83. The number of halogens is 1. The topological polar surface area (TPSA) is 75.6 Å². The van der Waals surface area contributed by atoms with Gasteiger partial charge >= 0.3 is 0 Å². The van der Waals surface area contributed by atoms with Gasteiger partial charge in [0.25, 0.3) is 0 Å². The average molecular weight is 494 g/mol. The van der Waals surface area contributed by atoms with Gasteiger partial charge in [0, 0.05) is 18.5 Å². The Morgan fingerprint density at radius 3 is 2.57 bits per heavy atom. The van der Waals surface area contributed by atoms with Crippen LogP contribution in [0.2, 0.25) is 0 Å². The van der Waals surface area contributed by atoms with Crippen molar-refractivity contribution in [1.82, 2.24) is 15.8 Å². The Labute approximate surface area is 182 Å². The van der Waals surface area contributed by atoms with Crippen molar-refractivity contribution in [2.45, 2.75) is 39.8 Å². The number of furan rings is 1. The SMILES string of the molecule is Cc1noc(C)c1CN=C(NCCc1ccco1)NC(C)c1ccccc1.I. The first-order valence-corrected chi connectivity index (χ1v) is 9.17. The summed E-state index contributed by atoms with van der Waals surface area (Å²) in [5, 5.41) is 10.9. The number of nitrogens with zero attached hydrogens (tertiary/aromatic N) is 2. The van der Waals surface area contributed by atoms with E-state index < -0.39 is 0 Å². The number of benzene rings is 1. The monoisotopic (exact) mass is 494 g/mol. The van der Waals surface area contributed by atoms with Crippen molar-refractivity contribution >= 4 is 29.9 Å². The van der Waals surface area contributed by atoms with E-state index in [2.05, 4.69) is 34.8 Å². The standard InChI is InChI=1S/C21H26N4O2.HI/c1-15(18-8-5-4-6-9-18)24-21(22-12-11-19-10-7-13-26-19)23-14-20-16(2)25-27-17(20)3;/h4-10,13,15H,11-12,14H2,1-3H3,(H2,22,23,24);1H. The van der Waals surface area contributed by atoms with Crippen LogP contribution in [0.1, 0.15) is 41.3 Å². The van der Waals surface area contributed by atoms with E-state index >= 15 is 0 Å². The molecule has 0 aliphatic heterocycles. The highest BCUT2D eigenvalue weighted by atomic mass is 127. The molecule has 0 saturated heterocycles. The molecule has 6 nitrogen and oxygen atoms in total. The molecule has 0 aliphatic rings. The van der Waals surface area contributed by atoms with E-state index in [1.54, 1.807) is 6.26 Å². The molecule has 2 heterocycles. The molecule has 0 spiro atoms. The maximum absolute atomic E-state index is 5.40. The summed E-state index contributed by atoms with van der Waals surface area (Å²) in [6, 6.07) is 14.3. The van der Waals surface area contributed by atoms with Crippen LogP contribution in [0.5, 0.6) is 0 Å². The van der Waals surface area contributed by atoms with Gasteiger partial charge in [0.1, 0.15) is 11.5 Å². The Morgan fingerprint density at radius 2 is 1.93 bits per heavy atom. The lowest BCUT2D eigenvalue weighted by atomic mass is 10.1. The molecule has 0 amide bonds. The number of nitrogens with one attached hydrogen (secondary N) is 2. The number of rotatable bonds is 7. The summed E-state index contributed by atoms with van der Waals surface area (Å²) in [6.07, 6.45) is 2.48. The van der Waals surface area contributed by atoms with Crippen LogP contribution < -0.4 is 10.6 Å². The van der Waals surface area contributed by atoms with Crippen molar-refractivity contribution in [1.29, 1.82) is 0 Å². The molecule has 0 saturated carbocycles.